The molecule has 0 fully saturated rings. The summed E-state index contributed by atoms with van der Waals surface area (Å²) in [6, 6.07) is 9.58. The van der Waals surface area contributed by atoms with Gasteiger partial charge >= 0.3 is 6.09 Å². The molecule has 0 spiro atoms. The van der Waals surface area contributed by atoms with Gasteiger partial charge in [0.1, 0.15) is 6.61 Å². The van der Waals surface area contributed by atoms with Gasteiger partial charge in [0.2, 0.25) is 0 Å². The third kappa shape index (κ3) is 6.82. The lowest BCUT2D eigenvalue weighted by Gasteiger charge is -2.24. The lowest BCUT2D eigenvalue weighted by atomic mass is 9.88. The summed E-state index contributed by atoms with van der Waals surface area (Å²) in [6.45, 7) is 5.12. The van der Waals surface area contributed by atoms with E-state index in [1.807, 2.05) is 30.3 Å². The van der Waals surface area contributed by atoms with Crippen LogP contribution >= 0.6 is 0 Å². The Morgan fingerprint density at radius 1 is 1.32 bits per heavy atom. The number of aliphatic hydroxyl groups is 1. The van der Waals surface area contributed by atoms with Crippen molar-refractivity contribution in [3.8, 4) is 0 Å². The van der Waals surface area contributed by atoms with Gasteiger partial charge in [0, 0.05) is 13.2 Å². The van der Waals surface area contributed by atoms with Crippen LogP contribution in [0.25, 0.3) is 0 Å². The topological polar surface area (TPSA) is 58.6 Å². The molecule has 1 rings (SSSR count). The molecule has 0 unspecified atom stereocenters. The Balaban J connectivity index is 2.24. The molecular weight excluding hydrogens is 242 g/mol. The van der Waals surface area contributed by atoms with Gasteiger partial charge in [-0.25, -0.2) is 4.79 Å². The summed E-state index contributed by atoms with van der Waals surface area (Å²) < 4.78 is 5.13. The highest BCUT2D eigenvalue weighted by Crippen LogP contribution is 2.20. The van der Waals surface area contributed by atoms with Gasteiger partial charge in [-0.1, -0.05) is 44.2 Å². The minimum atomic E-state index is -0.402. The van der Waals surface area contributed by atoms with Gasteiger partial charge in [-0.15, -0.1) is 0 Å². The highest BCUT2D eigenvalue weighted by atomic mass is 16.5. The average Bonchev–Trinajstić information content (AvgIpc) is 2.42. The number of hydrogen-bond donors (Lipinski definition) is 2. The van der Waals surface area contributed by atoms with Gasteiger partial charge in [0.25, 0.3) is 0 Å². The van der Waals surface area contributed by atoms with Gasteiger partial charge < -0.3 is 15.2 Å². The third-order valence-corrected chi connectivity index (χ3v) is 2.94. The Labute approximate surface area is 114 Å². The fourth-order valence-electron chi connectivity index (χ4n) is 1.73. The SMILES string of the molecule is CC(C)(CCCO)CNC(=O)OCc1ccccc1. The van der Waals surface area contributed by atoms with E-state index >= 15 is 0 Å². The minimum absolute atomic E-state index is 0.0332. The van der Waals surface area contributed by atoms with E-state index in [2.05, 4.69) is 19.2 Å². The van der Waals surface area contributed by atoms with Crippen LogP contribution in [0.15, 0.2) is 30.3 Å². The highest BCUT2D eigenvalue weighted by Gasteiger charge is 2.18. The van der Waals surface area contributed by atoms with E-state index in [1.165, 1.54) is 0 Å². The average molecular weight is 265 g/mol. The normalized spacial score (nSPS) is 11.1. The molecule has 0 bridgehead atoms. The summed E-state index contributed by atoms with van der Waals surface area (Å²) in [5.41, 5.74) is 0.936. The van der Waals surface area contributed by atoms with Crippen molar-refractivity contribution in [3.63, 3.8) is 0 Å². The maximum Gasteiger partial charge on any atom is 0.407 e. The number of amides is 1. The van der Waals surface area contributed by atoms with Crippen LogP contribution in [0.3, 0.4) is 0 Å². The molecule has 0 aromatic heterocycles. The zero-order chi connectivity index (χ0) is 14.1. The van der Waals surface area contributed by atoms with Crippen LogP contribution in [0.4, 0.5) is 4.79 Å². The number of carbonyl (C=O) groups excluding carboxylic acids is 1. The molecule has 0 saturated carbocycles. The molecule has 2 N–H and O–H groups in total. The highest BCUT2D eigenvalue weighted by molar-refractivity contribution is 5.67. The fraction of sp³-hybridized carbons (Fsp3) is 0.533. The summed E-state index contributed by atoms with van der Waals surface area (Å²) in [5.74, 6) is 0. The van der Waals surface area contributed by atoms with Crippen LogP contribution in [0.1, 0.15) is 32.3 Å². The van der Waals surface area contributed by atoms with Crippen LogP contribution in [-0.4, -0.2) is 24.4 Å². The van der Waals surface area contributed by atoms with Crippen LogP contribution in [0.2, 0.25) is 0 Å². The second-order valence-corrected chi connectivity index (χ2v) is 5.41. The zero-order valence-corrected chi connectivity index (χ0v) is 11.7. The Bertz CT molecular complexity index is 376. The number of nitrogens with one attached hydrogen (secondary N) is 1. The monoisotopic (exact) mass is 265 g/mol. The third-order valence-electron chi connectivity index (χ3n) is 2.94. The molecular formula is C15H23NO3. The lowest BCUT2D eigenvalue weighted by molar-refractivity contribution is 0.133. The minimum Gasteiger partial charge on any atom is -0.445 e. The zero-order valence-electron chi connectivity index (χ0n) is 11.7. The molecule has 0 aliphatic rings. The first kappa shape index (κ1) is 15.5. The summed E-state index contributed by atoms with van der Waals surface area (Å²) in [6.07, 6.45) is 1.21. The van der Waals surface area contributed by atoms with Crippen LogP contribution < -0.4 is 5.32 Å². The molecule has 0 atom stereocenters. The van der Waals surface area contributed by atoms with Crippen LogP contribution in [0.5, 0.6) is 0 Å². The number of rotatable bonds is 7. The Morgan fingerprint density at radius 3 is 2.63 bits per heavy atom. The quantitative estimate of drug-likeness (QED) is 0.797. The predicted molar refractivity (Wildman–Crippen MR) is 74.7 cm³/mol. The molecule has 0 aliphatic heterocycles. The number of ether oxygens (including phenoxy) is 1. The second kappa shape index (κ2) is 7.79. The van der Waals surface area contributed by atoms with E-state index in [9.17, 15) is 4.79 Å². The van der Waals surface area contributed by atoms with Crippen LogP contribution in [0, 0.1) is 5.41 Å². The number of alkyl carbamates (subject to hydrolysis) is 1. The predicted octanol–water partition coefficient (Wildman–Crippen LogP) is 2.71. The Kier molecular flexibility index (Phi) is 6.36. The smallest absolute Gasteiger partial charge is 0.407 e. The first-order valence-corrected chi connectivity index (χ1v) is 6.59. The van der Waals surface area contributed by atoms with Crippen molar-refractivity contribution < 1.29 is 14.6 Å². The lowest BCUT2D eigenvalue weighted by Crippen LogP contribution is -2.34. The molecule has 19 heavy (non-hydrogen) atoms. The van der Waals surface area contributed by atoms with Gasteiger partial charge in [0.05, 0.1) is 0 Å². The maximum atomic E-state index is 11.6. The molecule has 1 aromatic carbocycles. The van der Waals surface area contributed by atoms with Crippen molar-refractivity contribution in [2.75, 3.05) is 13.2 Å². The van der Waals surface area contributed by atoms with Crippen molar-refractivity contribution in [3.05, 3.63) is 35.9 Å². The Hall–Kier alpha value is -1.55. The van der Waals surface area contributed by atoms with Crippen molar-refractivity contribution in [1.29, 1.82) is 0 Å². The van der Waals surface area contributed by atoms with Gasteiger partial charge in [0.15, 0.2) is 0 Å². The summed E-state index contributed by atoms with van der Waals surface area (Å²) >= 11 is 0. The van der Waals surface area contributed by atoms with E-state index < -0.39 is 6.09 Å². The van der Waals surface area contributed by atoms with Gasteiger partial charge in [-0.2, -0.15) is 0 Å². The van der Waals surface area contributed by atoms with Crippen molar-refractivity contribution in [1.82, 2.24) is 5.32 Å². The van der Waals surface area contributed by atoms with Crippen molar-refractivity contribution in [2.45, 2.75) is 33.3 Å². The van der Waals surface area contributed by atoms with E-state index in [-0.39, 0.29) is 18.6 Å². The molecule has 4 nitrogen and oxygen atoms in total. The molecule has 106 valence electrons. The molecule has 1 aromatic rings. The second-order valence-electron chi connectivity index (χ2n) is 5.41. The standard InChI is InChI=1S/C15H23NO3/c1-15(2,9-6-10-17)12-16-14(18)19-11-13-7-4-3-5-8-13/h3-5,7-8,17H,6,9-12H2,1-2H3,(H,16,18). The first-order chi connectivity index (χ1) is 9.03. The van der Waals surface area contributed by atoms with Crippen molar-refractivity contribution >= 4 is 6.09 Å². The van der Waals surface area contributed by atoms with E-state index in [0.29, 0.717) is 6.54 Å². The summed E-state index contributed by atoms with van der Waals surface area (Å²) in [7, 11) is 0. The van der Waals surface area contributed by atoms with Crippen LogP contribution in [-0.2, 0) is 11.3 Å². The Morgan fingerprint density at radius 2 is 2.00 bits per heavy atom. The van der Waals surface area contributed by atoms with Crippen molar-refractivity contribution in [2.24, 2.45) is 5.41 Å². The molecule has 0 heterocycles. The maximum absolute atomic E-state index is 11.6. The van der Waals surface area contributed by atoms with E-state index in [1.54, 1.807) is 0 Å². The largest absolute Gasteiger partial charge is 0.445 e. The molecule has 0 aliphatic carbocycles. The number of hydrogen-bond acceptors (Lipinski definition) is 3. The van der Waals surface area contributed by atoms with Gasteiger partial charge in [-0.05, 0) is 23.8 Å². The molecule has 4 heteroatoms. The summed E-state index contributed by atoms with van der Waals surface area (Å²) in [5, 5.41) is 11.6. The summed E-state index contributed by atoms with van der Waals surface area (Å²) in [4.78, 5) is 11.6. The van der Waals surface area contributed by atoms with Gasteiger partial charge in [-0.3, -0.25) is 0 Å². The number of aliphatic hydroxyl groups excluding tert-OH is 1. The number of benzene rings is 1. The first-order valence-electron chi connectivity index (χ1n) is 6.59. The molecule has 1 amide bonds. The van der Waals surface area contributed by atoms with E-state index in [4.69, 9.17) is 9.84 Å². The number of carbonyl (C=O) groups is 1. The van der Waals surface area contributed by atoms with E-state index in [0.717, 1.165) is 18.4 Å². The fourth-order valence-corrected chi connectivity index (χ4v) is 1.73. The molecule has 0 saturated heterocycles. The molecule has 0 radical (unpaired) electrons.